The molecule has 0 aromatic heterocycles. The van der Waals surface area contributed by atoms with Gasteiger partial charge in [0.05, 0.1) is 0 Å². The van der Waals surface area contributed by atoms with Crippen LogP contribution in [0.4, 0.5) is 26.3 Å². The van der Waals surface area contributed by atoms with Gasteiger partial charge in [0.25, 0.3) is 0 Å². The average molecular weight is 395 g/mol. The van der Waals surface area contributed by atoms with E-state index < -0.39 is 62.4 Å². The number of nitrogens with zero attached hydrogens (tertiary/aromatic N) is 1. The molecule has 0 amide bonds. The van der Waals surface area contributed by atoms with Gasteiger partial charge in [0.1, 0.15) is 5.82 Å². The van der Waals surface area contributed by atoms with E-state index in [9.17, 15) is 34.8 Å². The monoisotopic (exact) mass is 395 g/mol. The number of benzene rings is 2. The van der Waals surface area contributed by atoms with Crippen LogP contribution in [0.25, 0.3) is 0 Å². The van der Waals surface area contributed by atoms with Gasteiger partial charge in [-0.1, -0.05) is 12.1 Å². The summed E-state index contributed by atoms with van der Waals surface area (Å²) >= 11 is 0. The molecule has 3 rings (SSSR count). The normalized spacial score (nSPS) is 14.9. The first-order valence-corrected chi connectivity index (χ1v) is 8.86. The zero-order valence-corrected chi connectivity index (χ0v) is 13.8. The molecule has 10 heteroatoms. The number of sulfonamides is 1. The fourth-order valence-corrected chi connectivity index (χ4v) is 4.26. The predicted molar refractivity (Wildman–Crippen MR) is 78.4 cm³/mol. The third-order valence-electron chi connectivity index (χ3n) is 3.94. The van der Waals surface area contributed by atoms with Crippen molar-refractivity contribution in [2.24, 2.45) is 0 Å². The molecule has 2 aromatic rings. The third kappa shape index (κ3) is 3.18. The molecule has 0 spiro atoms. The van der Waals surface area contributed by atoms with E-state index in [-0.39, 0.29) is 0 Å². The molecule has 26 heavy (non-hydrogen) atoms. The Hall–Kier alpha value is -2.07. The van der Waals surface area contributed by atoms with E-state index in [4.69, 9.17) is 0 Å². The zero-order valence-electron chi connectivity index (χ0n) is 12.9. The van der Waals surface area contributed by atoms with Crippen molar-refractivity contribution in [1.82, 2.24) is 4.31 Å². The van der Waals surface area contributed by atoms with Gasteiger partial charge in [0.15, 0.2) is 28.2 Å². The first-order valence-electron chi connectivity index (χ1n) is 7.42. The fraction of sp³-hybridized carbons (Fsp3) is 0.250. The Labute approximate surface area is 144 Å². The lowest BCUT2D eigenvalue weighted by molar-refractivity contribution is 0.346. The number of halogens is 6. The Morgan fingerprint density at radius 1 is 0.808 bits per heavy atom. The van der Waals surface area contributed by atoms with Crippen LogP contribution < -0.4 is 0 Å². The van der Waals surface area contributed by atoms with E-state index in [2.05, 4.69) is 0 Å². The Kier molecular flexibility index (Phi) is 4.74. The van der Waals surface area contributed by atoms with Gasteiger partial charge in [0.2, 0.25) is 15.8 Å². The molecular weight excluding hydrogens is 384 g/mol. The smallest absolute Gasteiger partial charge is 0.207 e. The Morgan fingerprint density at radius 3 is 1.73 bits per heavy atom. The molecule has 0 aliphatic heterocycles. The number of hydrogen-bond donors (Lipinski definition) is 0. The summed E-state index contributed by atoms with van der Waals surface area (Å²) in [5.74, 6) is -12.5. The Balaban J connectivity index is 2.09. The van der Waals surface area contributed by atoms with Crippen LogP contribution in [0.3, 0.4) is 0 Å². The van der Waals surface area contributed by atoms with Crippen LogP contribution in [0.15, 0.2) is 29.2 Å². The van der Waals surface area contributed by atoms with Crippen molar-refractivity contribution in [3.8, 4) is 0 Å². The van der Waals surface area contributed by atoms with Gasteiger partial charge >= 0.3 is 0 Å². The summed E-state index contributed by atoms with van der Waals surface area (Å²) < 4.78 is 107. The van der Waals surface area contributed by atoms with Gasteiger partial charge in [-0.05, 0) is 30.5 Å². The van der Waals surface area contributed by atoms with E-state index >= 15 is 0 Å². The molecule has 1 saturated carbocycles. The van der Waals surface area contributed by atoms with Crippen molar-refractivity contribution in [1.29, 1.82) is 0 Å². The minimum Gasteiger partial charge on any atom is -0.207 e. The van der Waals surface area contributed by atoms with Gasteiger partial charge in [-0.25, -0.2) is 34.8 Å². The summed E-state index contributed by atoms with van der Waals surface area (Å²) in [4.78, 5) is -1.89. The molecule has 0 saturated heterocycles. The second kappa shape index (κ2) is 6.58. The maximum atomic E-state index is 14.0. The second-order valence-corrected chi connectivity index (χ2v) is 7.63. The van der Waals surface area contributed by atoms with Crippen LogP contribution in [0.1, 0.15) is 18.4 Å². The lowest BCUT2D eigenvalue weighted by Gasteiger charge is -2.23. The lowest BCUT2D eigenvalue weighted by atomic mass is 10.2. The predicted octanol–water partition coefficient (Wildman–Crippen LogP) is 3.87. The second-order valence-electron chi connectivity index (χ2n) is 5.81. The topological polar surface area (TPSA) is 37.4 Å². The first kappa shape index (κ1) is 18.7. The van der Waals surface area contributed by atoms with Crippen molar-refractivity contribution >= 4 is 10.0 Å². The van der Waals surface area contributed by atoms with Crippen LogP contribution in [0.2, 0.25) is 0 Å². The molecule has 0 unspecified atom stereocenters. The van der Waals surface area contributed by atoms with Crippen LogP contribution in [-0.4, -0.2) is 18.8 Å². The van der Waals surface area contributed by atoms with Gasteiger partial charge in [0, 0.05) is 12.6 Å². The summed E-state index contributed by atoms with van der Waals surface area (Å²) in [5.41, 5.74) is 0.297. The lowest BCUT2D eigenvalue weighted by Crippen LogP contribution is -2.34. The Morgan fingerprint density at radius 2 is 1.27 bits per heavy atom. The van der Waals surface area contributed by atoms with E-state index in [1.807, 2.05) is 0 Å². The molecule has 0 atom stereocenters. The van der Waals surface area contributed by atoms with E-state index in [0.29, 0.717) is 22.7 Å². The van der Waals surface area contributed by atoms with Crippen LogP contribution in [0.5, 0.6) is 0 Å². The maximum absolute atomic E-state index is 14.0. The summed E-state index contributed by atoms with van der Waals surface area (Å²) in [7, 11) is -5.03. The Bertz CT molecular complexity index is 929. The minimum atomic E-state index is -5.03. The quantitative estimate of drug-likeness (QED) is 0.438. The minimum absolute atomic E-state index is 0.297. The van der Waals surface area contributed by atoms with Crippen molar-refractivity contribution in [2.75, 3.05) is 0 Å². The van der Waals surface area contributed by atoms with Crippen molar-refractivity contribution in [2.45, 2.75) is 30.3 Å². The summed E-state index contributed by atoms with van der Waals surface area (Å²) in [6.07, 6.45) is 0.742. The number of hydrogen-bond acceptors (Lipinski definition) is 2. The van der Waals surface area contributed by atoms with Crippen molar-refractivity contribution in [3.05, 3.63) is 64.7 Å². The van der Waals surface area contributed by atoms with Crippen molar-refractivity contribution < 1.29 is 34.8 Å². The molecule has 1 aliphatic rings. The average Bonchev–Trinajstić information content (AvgIpc) is 3.42. The molecule has 3 nitrogen and oxygen atoms in total. The summed E-state index contributed by atoms with van der Waals surface area (Å²) in [6.45, 7) is -0.396. The van der Waals surface area contributed by atoms with E-state index in [1.165, 1.54) is 12.1 Å². The maximum Gasteiger partial charge on any atom is 0.249 e. The molecule has 1 fully saturated rings. The molecule has 0 N–H and O–H groups in total. The van der Waals surface area contributed by atoms with E-state index in [1.54, 1.807) is 0 Å². The summed E-state index contributed by atoms with van der Waals surface area (Å²) in [5, 5.41) is 0. The zero-order chi connectivity index (χ0) is 19.2. The molecule has 1 aliphatic carbocycles. The van der Waals surface area contributed by atoms with Crippen LogP contribution >= 0.6 is 0 Å². The highest BCUT2D eigenvalue weighted by Gasteiger charge is 2.43. The van der Waals surface area contributed by atoms with E-state index in [0.717, 1.165) is 12.1 Å². The largest absolute Gasteiger partial charge is 0.249 e. The highest BCUT2D eigenvalue weighted by molar-refractivity contribution is 7.89. The third-order valence-corrected chi connectivity index (χ3v) is 5.86. The highest BCUT2D eigenvalue weighted by atomic mass is 32.2. The standard InChI is InChI=1S/C16H11F6NO2S/c17-9-3-1-8(2-4-9)7-23(10-5-6-10)26(24,25)16-14(21)12(19)11(18)13(20)15(16)22/h1-4,10H,5-7H2. The van der Waals surface area contributed by atoms with Gasteiger partial charge in [-0.3, -0.25) is 0 Å². The van der Waals surface area contributed by atoms with Gasteiger partial charge in [-0.15, -0.1) is 0 Å². The molecule has 2 aromatic carbocycles. The van der Waals surface area contributed by atoms with Crippen LogP contribution in [0, 0.1) is 34.9 Å². The van der Waals surface area contributed by atoms with Gasteiger partial charge < -0.3 is 0 Å². The fourth-order valence-electron chi connectivity index (χ4n) is 2.47. The number of rotatable bonds is 5. The SMILES string of the molecule is O=S(=O)(c1c(F)c(F)c(F)c(F)c1F)N(Cc1ccc(F)cc1)C1CC1. The highest BCUT2D eigenvalue weighted by Crippen LogP contribution is 2.36. The first-order chi connectivity index (χ1) is 12.1. The molecular formula is C16H11F6NO2S. The van der Waals surface area contributed by atoms with Gasteiger partial charge in [-0.2, -0.15) is 4.31 Å². The molecule has 0 bridgehead atoms. The van der Waals surface area contributed by atoms with Crippen molar-refractivity contribution in [3.63, 3.8) is 0 Å². The summed E-state index contributed by atoms with van der Waals surface area (Å²) in [6, 6.07) is 4.01. The molecule has 0 radical (unpaired) electrons. The molecule has 0 heterocycles. The van der Waals surface area contributed by atoms with Crippen LogP contribution in [-0.2, 0) is 16.6 Å². The molecule has 140 valence electrons.